The summed E-state index contributed by atoms with van der Waals surface area (Å²) >= 11 is 0. The molecule has 0 aromatic heterocycles. The van der Waals surface area contributed by atoms with E-state index >= 15 is 0 Å². The minimum atomic E-state index is 0.0470. The summed E-state index contributed by atoms with van der Waals surface area (Å²) < 4.78 is 23.1. The molecule has 0 fully saturated rings. The smallest absolute Gasteiger partial charge is 0.293 e. The van der Waals surface area contributed by atoms with Crippen molar-refractivity contribution in [2.45, 2.75) is 64.8 Å². The Morgan fingerprint density at radius 2 is 0.846 bits per heavy atom. The molecule has 3 rings (SSSR count). The summed E-state index contributed by atoms with van der Waals surface area (Å²) in [6.45, 7) is 5.00. The van der Waals surface area contributed by atoms with Crippen LogP contribution in [0.1, 0.15) is 61.6 Å². The van der Waals surface area contributed by atoms with Gasteiger partial charge in [0.25, 0.3) is 6.47 Å². The molecule has 0 bridgehead atoms. The van der Waals surface area contributed by atoms with E-state index in [9.17, 15) is 4.79 Å². The van der Waals surface area contributed by atoms with Crippen molar-refractivity contribution in [1.29, 1.82) is 0 Å². The molecule has 5 heteroatoms. The lowest BCUT2D eigenvalue weighted by atomic mass is 9.73. The third-order valence-corrected chi connectivity index (χ3v) is 7.14. The molecule has 39 heavy (non-hydrogen) atoms. The van der Waals surface area contributed by atoms with E-state index < -0.39 is 0 Å². The standard InChI is InChI=1S/C34H44O5/c35-30-39-26-22-34(19-10-23-36-27-31-13-4-1-5-14-31,20-11-24-37-28-32-15-6-2-7-16-32)21-12-25-38-29-33-17-8-3-9-18-33/h1-9,13-18,30H,10-12,19-29H2. The van der Waals surface area contributed by atoms with E-state index in [0.717, 1.165) is 44.9 Å². The van der Waals surface area contributed by atoms with Gasteiger partial charge in [-0.3, -0.25) is 4.79 Å². The first-order chi connectivity index (χ1) is 19.3. The van der Waals surface area contributed by atoms with Crippen LogP contribution in [0.15, 0.2) is 91.0 Å². The number of hydrogen-bond acceptors (Lipinski definition) is 5. The van der Waals surface area contributed by atoms with Gasteiger partial charge in [-0.25, -0.2) is 0 Å². The number of hydrogen-bond donors (Lipinski definition) is 0. The molecule has 0 heterocycles. The Labute approximate surface area is 234 Å². The first kappa shape index (κ1) is 30.6. The van der Waals surface area contributed by atoms with Crippen LogP contribution in [0.5, 0.6) is 0 Å². The molecule has 3 aromatic carbocycles. The van der Waals surface area contributed by atoms with Crippen LogP contribution in [0.2, 0.25) is 0 Å². The van der Waals surface area contributed by atoms with Crippen LogP contribution < -0.4 is 0 Å². The fourth-order valence-electron chi connectivity index (χ4n) is 5.01. The van der Waals surface area contributed by atoms with Crippen molar-refractivity contribution < 1.29 is 23.7 Å². The van der Waals surface area contributed by atoms with Gasteiger partial charge < -0.3 is 18.9 Å². The normalized spacial score (nSPS) is 11.4. The molecular weight excluding hydrogens is 488 g/mol. The third kappa shape index (κ3) is 13.1. The highest BCUT2D eigenvalue weighted by Gasteiger charge is 2.29. The average molecular weight is 533 g/mol. The molecule has 0 atom stereocenters. The first-order valence-corrected chi connectivity index (χ1v) is 14.2. The number of benzene rings is 3. The molecule has 0 N–H and O–H groups in total. The molecule has 0 spiro atoms. The molecule has 5 nitrogen and oxygen atoms in total. The van der Waals surface area contributed by atoms with E-state index in [2.05, 4.69) is 36.4 Å². The Morgan fingerprint density at radius 1 is 0.487 bits per heavy atom. The van der Waals surface area contributed by atoms with Gasteiger partial charge in [-0.2, -0.15) is 0 Å². The summed E-state index contributed by atoms with van der Waals surface area (Å²) in [4.78, 5) is 10.9. The van der Waals surface area contributed by atoms with Crippen molar-refractivity contribution >= 4 is 6.47 Å². The minimum absolute atomic E-state index is 0.0470. The lowest BCUT2D eigenvalue weighted by molar-refractivity contribution is -0.129. The van der Waals surface area contributed by atoms with Crippen LogP contribution in [-0.4, -0.2) is 32.9 Å². The molecule has 0 saturated carbocycles. The third-order valence-electron chi connectivity index (χ3n) is 7.14. The van der Waals surface area contributed by atoms with Gasteiger partial charge in [-0.05, 0) is 67.1 Å². The average Bonchev–Trinajstić information content (AvgIpc) is 2.98. The van der Waals surface area contributed by atoms with Crippen molar-refractivity contribution in [3.05, 3.63) is 108 Å². The van der Waals surface area contributed by atoms with Gasteiger partial charge in [-0.15, -0.1) is 0 Å². The summed E-state index contributed by atoms with van der Waals surface area (Å²) in [5.41, 5.74) is 3.61. The van der Waals surface area contributed by atoms with Gasteiger partial charge in [0.05, 0.1) is 26.4 Å². The van der Waals surface area contributed by atoms with Crippen LogP contribution in [-0.2, 0) is 43.6 Å². The maximum Gasteiger partial charge on any atom is 0.293 e. The van der Waals surface area contributed by atoms with E-state index in [-0.39, 0.29) is 5.41 Å². The van der Waals surface area contributed by atoms with E-state index in [1.54, 1.807) is 0 Å². The van der Waals surface area contributed by atoms with Crippen LogP contribution in [0.4, 0.5) is 0 Å². The zero-order valence-electron chi connectivity index (χ0n) is 23.2. The molecule has 0 aliphatic heterocycles. The molecular formula is C34H44O5. The molecule has 0 amide bonds. The maximum absolute atomic E-state index is 10.9. The van der Waals surface area contributed by atoms with Gasteiger partial charge in [0.15, 0.2) is 0 Å². The highest BCUT2D eigenvalue weighted by atomic mass is 16.5. The van der Waals surface area contributed by atoms with Gasteiger partial charge in [0.2, 0.25) is 0 Å². The lowest BCUT2D eigenvalue weighted by Crippen LogP contribution is -2.25. The zero-order valence-corrected chi connectivity index (χ0v) is 23.2. The topological polar surface area (TPSA) is 54.0 Å². The lowest BCUT2D eigenvalue weighted by Gasteiger charge is -2.34. The Hall–Kier alpha value is -2.99. The number of ether oxygens (including phenoxy) is 4. The molecule has 210 valence electrons. The van der Waals surface area contributed by atoms with E-state index in [0.29, 0.717) is 52.7 Å². The van der Waals surface area contributed by atoms with E-state index in [1.165, 1.54) is 16.7 Å². The van der Waals surface area contributed by atoms with Gasteiger partial charge >= 0.3 is 0 Å². The fraction of sp³-hybridized carbons (Fsp3) is 0.441. The summed E-state index contributed by atoms with van der Waals surface area (Å²) in [5, 5.41) is 0. The molecule has 3 aromatic rings. The Bertz CT molecular complexity index is 873. The Morgan fingerprint density at radius 3 is 1.18 bits per heavy atom. The van der Waals surface area contributed by atoms with Crippen LogP contribution in [0.25, 0.3) is 0 Å². The van der Waals surface area contributed by atoms with Crippen molar-refractivity contribution in [3.8, 4) is 0 Å². The highest BCUT2D eigenvalue weighted by Crippen LogP contribution is 2.39. The Balaban J connectivity index is 1.50. The SMILES string of the molecule is O=COCCC(CCCOCc1ccccc1)(CCCOCc1ccccc1)CCCOCc1ccccc1. The van der Waals surface area contributed by atoms with Crippen molar-refractivity contribution in [1.82, 2.24) is 0 Å². The summed E-state index contributed by atoms with van der Waals surface area (Å²) in [5.74, 6) is 0. The quantitative estimate of drug-likeness (QED) is 0.0989. The highest BCUT2D eigenvalue weighted by molar-refractivity contribution is 5.36. The second-order valence-electron chi connectivity index (χ2n) is 10.1. The molecule has 0 unspecified atom stereocenters. The van der Waals surface area contributed by atoms with Crippen LogP contribution in [0, 0.1) is 5.41 Å². The second-order valence-corrected chi connectivity index (χ2v) is 10.1. The molecule has 0 radical (unpaired) electrons. The number of carbonyl (C=O) groups is 1. The van der Waals surface area contributed by atoms with Crippen molar-refractivity contribution in [2.75, 3.05) is 26.4 Å². The fourth-order valence-corrected chi connectivity index (χ4v) is 5.01. The predicted octanol–water partition coefficient (Wildman–Crippen LogP) is 7.53. The zero-order chi connectivity index (χ0) is 27.3. The van der Waals surface area contributed by atoms with Gasteiger partial charge in [0.1, 0.15) is 0 Å². The van der Waals surface area contributed by atoms with Crippen LogP contribution >= 0.6 is 0 Å². The monoisotopic (exact) mass is 532 g/mol. The summed E-state index contributed by atoms with van der Waals surface area (Å²) in [6.07, 6.45) is 6.77. The largest absolute Gasteiger partial charge is 0.468 e. The summed E-state index contributed by atoms with van der Waals surface area (Å²) in [7, 11) is 0. The first-order valence-electron chi connectivity index (χ1n) is 14.2. The predicted molar refractivity (Wildman–Crippen MR) is 155 cm³/mol. The van der Waals surface area contributed by atoms with Gasteiger partial charge in [-0.1, -0.05) is 91.0 Å². The molecule has 0 aliphatic rings. The molecule has 0 saturated heterocycles. The van der Waals surface area contributed by atoms with Crippen molar-refractivity contribution in [2.24, 2.45) is 5.41 Å². The van der Waals surface area contributed by atoms with Crippen LogP contribution in [0.3, 0.4) is 0 Å². The maximum atomic E-state index is 10.9. The Kier molecular flexibility index (Phi) is 15.0. The second kappa shape index (κ2) is 19.1. The van der Waals surface area contributed by atoms with Crippen molar-refractivity contribution in [3.63, 3.8) is 0 Å². The number of carbonyl (C=O) groups excluding carboxylic acids is 1. The summed E-state index contributed by atoms with van der Waals surface area (Å²) in [6, 6.07) is 30.8. The minimum Gasteiger partial charge on any atom is -0.468 e. The molecule has 0 aliphatic carbocycles. The van der Waals surface area contributed by atoms with Gasteiger partial charge in [0, 0.05) is 19.8 Å². The van der Waals surface area contributed by atoms with E-state index in [1.807, 2.05) is 54.6 Å². The van der Waals surface area contributed by atoms with E-state index in [4.69, 9.17) is 18.9 Å². The number of rotatable bonds is 22.